The monoisotopic (exact) mass is 184 g/mol. The van der Waals surface area contributed by atoms with E-state index in [1.54, 1.807) is 6.92 Å². The lowest BCUT2D eigenvalue weighted by Gasteiger charge is -2.07. The maximum absolute atomic E-state index is 10.5. The van der Waals surface area contributed by atoms with Crippen LogP contribution in [0.2, 0.25) is 0 Å². The van der Waals surface area contributed by atoms with Crippen molar-refractivity contribution in [3.63, 3.8) is 0 Å². The van der Waals surface area contributed by atoms with Gasteiger partial charge in [-0.2, -0.15) is 0 Å². The van der Waals surface area contributed by atoms with Crippen molar-refractivity contribution >= 4 is 12.3 Å². The number of allylic oxidation sites excluding steroid dienone is 1. The summed E-state index contributed by atoms with van der Waals surface area (Å²) in [5, 5.41) is 0. The Labute approximate surface area is 78.8 Å². The molecule has 0 saturated heterocycles. The molecule has 3 heteroatoms. The second-order valence-electron chi connectivity index (χ2n) is 3.03. The smallest absolute Gasteiger partial charge is 0.303 e. The van der Waals surface area contributed by atoms with E-state index < -0.39 is 0 Å². The first-order valence-electron chi connectivity index (χ1n) is 4.34. The number of esters is 1. The second kappa shape index (κ2) is 6.40. The van der Waals surface area contributed by atoms with Crippen LogP contribution in [0.4, 0.5) is 0 Å². The molecular weight excluding hydrogens is 168 g/mol. The summed E-state index contributed by atoms with van der Waals surface area (Å²) in [6, 6.07) is 0. The third-order valence-electron chi connectivity index (χ3n) is 1.53. The van der Waals surface area contributed by atoms with Crippen LogP contribution in [-0.4, -0.2) is 18.4 Å². The number of rotatable bonds is 5. The topological polar surface area (TPSA) is 43.4 Å². The maximum atomic E-state index is 10.5. The minimum absolute atomic E-state index is 0.204. The fraction of sp³-hybridized carbons (Fsp3) is 0.600. The van der Waals surface area contributed by atoms with E-state index in [-0.39, 0.29) is 12.1 Å². The highest BCUT2D eigenvalue weighted by Gasteiger charge is 2.01. The molecule has 0 aliphatic heterocycles. The largest absolute Gasteiger partial charge is 0.459 e. The minimum atomic E-state index is -0.285. The standard InChI is InChI=1S/C10H16O3/c1-8(5-4-6-11)7-9(2)13-10(3)12/h6-7,9H,4-5H2,1-3H3. The van der Waals surface area contributed by atoms with Gasteiger partial charge in [-0.05, 0) is 26.3 Å². The van der Waals surface area contributed by atoms with Crippen molar-refractivity contribution in [3.8, 4) is 0 Å². The van der Waals surface area contributed by atoms with E-state index in [0.717, 1.165) is 18.3 Å². The number of hydrogen-bond donors (Lipinski definition) is 0. The first-order valence-corrected chi connectivity index (χ1v) is 4.34. The molecule has 0 aliphatic rings. The van der Waals surface area contributed by atoms with Crippen LogP contribution in [0.3, 0.4) is 0 Å². The summed E-state index contributed by atoms with van der Waals surface area (Å²) >= 11 is 0. The minimum Gasteiger partial charge on any atom is -0.459 e. The fourth-order valence-corrected chi connectivity index (χ4v) is 1.07. The molecule has 1 unspecified atom stereocenters. The fourth-order valence-electron chi connectivity index (χ4n) is 1.07. The van der Waals surface area contributed by atoms with Crippen LogP contribution >= 0.6 is 0 Å². The Kier molecular flexibility index (Phi) is 5.85. The van der Waals surface area contributed by atoms with Crippen LogP contribution in [0.15, 0.2) is 11.6 Å². The van der Waals surface area contributed by atoms with Gasteiger partial charge in [0.05, 0.1) is 0 Å². The lowest BCUT2D eigenvalue weighted by Crippen LogP contribution is -2.09. The molecule has 0 amide bonds. The van der Waals surface area contributed by atoms with E-state index in [4.69, 9.17) is 4.74 Å². The molecule has 0 radical (unpaired) electrons. The van der Waals surface area contributed by atoms with E-state index >= 15 is 0 Å². The van der Waals surface area contributed by atoms with E-state index in [1.165, 1.54) is 6.92 Å². The van der Waals surface area contributed by atoms with Gasteiger partial charge in [0.1, 0.15) is 12.4 Å². The highest BCUT2D eigenvalue weighted by atomic mass is 16.5. The van der Waals surface area contributed by atoms with E-state index in [2.05, 4.69) is 0 Å². The first kappa shape index (κ1) is 11.9. The molecule has 1 atom stereocenters. The van der Waals surface area contributed by atoms with Gasteiger partial charge in [-0.1, -0.05) is 5.57 Å². The molecule has 13 heavy (non-hydrogen) atoms. The number of hydrogen-bond acceptors (Lipinski definition) is 3. The van der Waals surface area contributed by atoms with Gasteiger partial charge in [0.15, 0.2) is 0 Å². The van der Waals surface area contributed by atoms with Crippen molar-refractivity contribution < 1.29 is 14.3 Å². The average Bonchev–Trinajstić information content (AvgIpc) is 1.98. The summed E-state index contributed by atoms with van der Waals surface area (Å²) in [6.07, 6.45) is 3.78. The third-order valence-corrected chi connectivity index (χ3v) is 1.53. The van der Waals surface area contributed by atoms with Crippen LogP contribution in [0, 0.1) is 0 Å². The van der Waals surface area contributed by atoms with Gasteiger partial charge in [0.2, 0.25) is 0 Å². The molecule has 0 rings (SSSR count). The number of carbonyl (C=O) groups excluding carboxylic acids is 2. The van der Waals surface area contributed by atoms with Crippen molar-refractivity contribution in [1.82, 2.24) is 0 Å². The molecule has 3 nitrogen and oxygen atoms in total. The molecule has 0 spiro atoms. The van der Waals surface area contributed by atoms with Crippen molar-refractivity contribution in [2.45, 2.75) is 39.7 Å². The normalized spacial score (nSPS) is 13.6. The summed E-state index contributed by atoms with van der Waals surface area (Å²) < 4.78 is 4.90. The molecule has 0 aromatic carbocycles. The van der Waals surface area contributed by atoms with Crippen LogP contribution in [-0.2, 0) is 14.3 Å². The SMILES string of the molecule is CC(=O)OC(C)C=C(C)CCC=O. The van der Waals surface area contributed by atoms with Crippen LogP contribution in [0.1, 0.15) is 33.6 Å². The third kappa shape index (κ3) is 7.25. The molecule has 0 saturated carbocycles. The van der Waals surface area contributed by atoms with Crippen LogP contribution in [0.5, 0.6) is 0 Å². The summed E-state index contributed by atoms with van der Waals surface area (Å²) in [7, 11) is 0. The van der Waals surface area contributed by atoms with Crippen LogP contribution < -0.4 is 0 Å². The molecule has 0 bridgehead atoms. The van der Waals surface area contributed by atoms with Gasteiger partial charge in [0, 0.05) is 13.3 Å². The molecule has 0 heterocycles. The summed E-state index contributed by atoms with van der Waals surface area (Å²) in [5.41, 5.74) is 1.07. The Bertz CT molecular complexity index is 206. The van der Waals surface area contributed by atoms with Gasteiger partial charge in [0.25, 0.3) is 0 Å². The molecule has 0 aromatic heterocycles. The Hall–Kier alpha value is -1.12. The van der Waals surface area contributed by atoms with Gasteiger partial charge in [-0.15, -0.1) is 0 Å². The van der Waals surface area contributed by atoms with Crippen molar-refractivity contribution in [3.05, 3.63) is 11.6 Å². The molecule has 74 valence electrons. The average molecular weight is 184 g/mol. The second-order valence-corrected chi connectivity index (χ2v) is 3.03. The first-order chi connectivity index (χ1) is 6.06. The van der Waals surface area contributed by atoms with Gasteiger partial charge >= 0.3 is 5.97 Å². The zero-order chi connectivity index (χ0) is 10.3. The van der Waals surface area contributed by atoms with Crippen molar-refractivity contribution in [2.24, 2.45) is 0 Å². The molecule has 0 aromatic rings. The highest BCUT2D eigenvalue weighted by Crippen LogP contribution is 2.05. The number of ether oxygens (including phenoxy) is 1. The van der Waals surface area contributed by atoms with E-state index in [1.807, 2.05) is 13.0 Å². The number of aldehydes is 1. The van der Waals surface area contributed by atoms with Crippen molar-refractivity contribution in [2.75, 3.05) is 0 Å². The lowest BCUT2D eigenvalue weighted by molar-refractivity contribution is -0.143. The summed E-state index contributed by atoms with van der Waals surface area (Å²) in [6.45, 7) is 5.10. The number of carbonyl (C=O) groups is 2. The van der Waals surface area contributed by atoms with Crippen LogP contribution in [0.25, 0.3) is 0 Å². The predicted octanol–water partition coefficient (Wildman–Crippen LogP) is 1.86. The summed E-state index contributed by atoms with van der Waals surface area (Å²) in [4.78, 5) is 20.6. The van der Waals surface area contributed by atoms with Gasteiger partial charge in [-0.25, -0.2) is 0 Å². The van der Waals surface area contributed by atoms with E-state index in [0.29, 0.717) is 6.42 Å². The molecule has 0 N–H and O–H groups in total. The van der Waals surface area contributed by atoms with Gasteiger partial charge in [-0.3, -0.25) is 4.79 Å². The molecule has 0 fully saturated rings. The van der Waals surface area contributed by atoms with Gasteiger partial charge < -0.3 is 9.53 Å². The summed E-state index contributed by atoms with van der Waals surface area (Å²) in [5.74, 6) is -0.285. The quantitative estimate of drug-likeness (QED) is 0.372. The predicted molar refractivity (Wildman–Crippen MR) is 50.3 cm³/mol. The Balaban J connectivity index is 3.89. The van der Waals surface area contributed by atoms with Crippen molar-refractivity contribution in [1.29, 1.82) is 0 Å². The zero-order valence-electron chi connectivity index (χ0n) is 8.37. The Morgan fingerprint density at radius 2 is 2.08 bits per heavy atom. The molecular formula is C10H16O3. The Morgan fingerprint density at radius 3 is 2.54 bits per heavy atom. The molecule has 0 aliphatic carbocycles. The maximum Gasteiger partial charge on any atom is 0.303 e. The van der Waals surface area contributed by atoms with E-state index in [9.17, 15) is 9.59 Å². The zero-order valence-corrected chi connectivity index (χ0v) is 8.37. The Morgan fingerprint density at radius 1 is 1.46 bits per heavy atom. The lowest BCUT2D eigenvalue weighted by atomic mass is 10.1. The highest BCUT2D eigenvalue weighted by molar-refractivity contribution is 5.66.